The van der Waals surface area contributed by atoms with E-state index in [4.69, 9.17) is 23.2 Å². The Morgan fingerprint density at radius 2 is 2.03 bits per heavy atom. The number of rotatable bonds is 4. The lowest BCUT2D eigenvalue weighted by Gasteiger charge is -2.18. The van der Waals surface area contributed by atoms with E-state index in [1.165, 1.54) is 23.2 Å². The Balaban J connectivity index is 1.61. The molecule has 8 nitrogen and oxygen atoms in total. The molecule has 0 aromatic heterocycles. The molecule has 2 aliphatic rings. The standard InChI is InChI=1S/C20H16Cl2F2N6O2/c1-2-26-15-9-30(29-18(15)11-3-5-13(21)14(22)7-11)19(27-10-25)28-12-4-6-16-17(8-12)32-20(23,24)31-16/h3-8,15,26H,2,9H2,1H3,(H,27,28). The van der Waals surface area contributed by atoms with Gasteiger partial charge in [0.25, 0.3) is 0 Å². The first-order valence-corrected chi connectivity index (χ1v) is 10.2. The predicted molar refractivity (Wildman–Crippen MR) is 116 cm³/mol. The number of ether oxygens (including phenoxy) is 2. The van der Waals surface area contributed by atoms with Gasteiger partial charge in [-0.25, -0.2) is 5.01 Å². The number of guanidine groups is 1. The van der Waals surface area contributed by atoms with Gasteiger partial charge >= 0.3 is 6.29 Å². The highest BCUT2D eigenvalue weighted by Gasteiger charge is 2.43. The molecule has 1 unspecified atom stereocenters. The van der Waals surface area contributed by atoms with Crippen molar-refractivity contribution in [3.05, 3.63) is 52.0 Å². The van der Waals surface area contributed by atoms with E-state index >= 15 is 0 Å². The third-order valence-corrected chi connectivity index (χ3v) is 5.38. The Morgan fingerprint density at radius 1 is 1.25 bits per heavy atom. The quantitative estimate of drug-likeness (QED) is 0.385. The highest BCUT2D eigenvalue weighted by atomic mass is 35.5. The second kappa shape index (κ2) is 8.78. The molecule has 0 bridgehead atoms. The Hall–Kier alpha value is -3.13. The van der Waals surface area contributed by atoms with Crippen LogP contribution in [0.5, 0.6) is 11.5 Å². The summed E-state index contributed by atoms with van der Waals surface area (Å²) in [5, 5.41) is 22.4. The number of benzene rings is 2. The largest absolute Gasteiger partial charge is 0.586 e. The lowest BCUT2D eigenvalue weighted by Crippen LogP contribution is -2.41. The van der Waals surface area contributed by atoms with E-state index in [1.807, 2.05) is 6.92 Å². The molecule has 0 radical (unpaired) electrons. The number of hydrogen-bond acceptors (Lipinski definition) is 6. The number of likely N-dealkylation sites (N-methyl/N-ethyl adjacent to an activating group) is 1. The molecule has 12 heteroatoms. The Labute approximate surface area is 192 Å². The fourth-order valence-electron chi connectivity index (χ4n) is 3.31. The Morgan fingerprint density at radius 3 is 2.75 bits per heavy atom. The zero-order chi connectivity index (χ0) is 22.9. The molecule has 2 heterocycles. The Bertz CT molecular complexity index is 1150. The van der Waals surface area contributed by atoms with E-state index < -0.39 is 6.29 Å². The maximum atomic E-state index is 13.3. The molecule has 2 N–H and O–H groups in total. The van der Waals surface area contributed by atoms with Crippen molar-refractivity contribution in [2.45, 2.75) is 19.3 Å². The van der Waals surface area contributed by atoms with Crippen LogP contribution < -0.4 is 20.1 Å². The van der Waals surface area contributed by atoms with Crippen LogP contribution in [0.3, 0.4) is 0 Å². The lowest BCUT2D eigenvalue weighted by atomic mass is 10.0. The van der Waals surface area contributed by atoms with Gasteiger partial charge < -0.3 is 20.1 Å². The number of anilines is 1. The van der Waals surface area contributed by atoms with E-state index in [0.29, 0.717) is 34.5 Å². The van der Waals surface area contributed by atoms with Crippen LogP contribution >= 0.6 is 23.2 Å². The normalized spacial score (nSPS) is 19.0. The molecule has 0 spiro atoms. The molecule has 2 aromatic rings. The van der Waals surface area contributed by atoms with E-state index in [9.17, 15) is 14.0 Å². The minimum Gasteiger partial charge on any atom is -0.395 e. The predicted octanol–water partition coefficient (Wildman–Crippen LogP) is 4.26. The highest BCUT2D eigenvalue weighted by Crippen LogP contribution is 2.42. The van der Waals surface area contributed by atoms with Crippen molar-refractivity contribution in [2.75, 3.05) is 18.4 Å². The summed E-state index contributed by atoms with van der Waals surface area (Å²) < 4.78 is 35.4. The van der Waals surface area contributed by atoms with Crippen LogP contribution in [0.2, 0.25) is 10.0 Å². The topological polar surface area (TPSA) is 94.3 Å². The van der Waals surface area contributed by atoms with Crippen LogP contribution in [-0.4, -0.2) is 42.1 Å². The van der Waals surface area contributed by atoms with Crippen molar-refractivity contribution in [1.82, 2.24) is 10.3 Å². The van der Waals surface area contributed by atoms with E-state index in [1.54, 1.807) is 24.4 Å². The summed E-state index contributed by atoms with van der Waals surface area (Å²) in [6, 6.07) is 9.16. The van der Waals surface area contributed by atoms with Crippen LogP contribution in [0.4, 0.5) is 14.5 Å². The van der Waals surface area contributed by atoms with E-state index in [2.05, 4.69) is 30.2 Å². The molecule has 0 amide bonds. The van der Waals surface area contributed by atoms with Crippen molar-refractivity contribution >= 4 is 40.6 Å². The molecule has 166 valence electrons. The minimum absolute atomic E-state index is 0.0902. The molecular formula is C20H16Cl2F2N6O2. The fraction of sp³-hybridized carbons (Fsp3) is 0.250. The zero-order valence-electron chi connectivity index (χ0n) is 16.6. The monoisotopic (exact) mass is 480 g/mol. The van der Waals surface area contributed by atoms with Gasteiger partial charge in [-0.2, -0.15) is 10.4 Å². The van der Waals surface area contributed by atoms with Gasteiger partial charge in [-0.05, 0) is 30.8 Å². The summed E-state index contributed by atoms with van der Waals surface area (Å²) in [5.74, 6) is -0.119. The van der Waals surface area contributed by atoms with E-state index in [0.717, 1.165) is 5.56 Å². The first-order valence-electron chi connectivity index (χ1n) is 9.48. The van der Waals surface area contributed by atoms with Crippen molar-refractivity contribution in [3.63, 3.8) is 0 Å². The highest BCUT2D eigenvalue weighted by molar-refractivity contribution is 6.42. The first-order chi connectivity index (χ1) is 15.3. The smallest absolute Gasteiger partial charge is 0.395 e. The molecule has 4 rings (SSSR count). The number of alkyl halides is 2. The van der Waals surface area contributed by atoms with Gasteiger partial charge in [0.2, 0.25) is 12.2 Å². The SMILES string of the molecule is CCNC1CN(/C(=N\C#N)Nc2ccc3c(c2)OC(F)(F)O3)N=C1c1ccc(Cl)c(Cl)c1. The second-order valence-electron chi connectivity index (χ2n) is 6.80. The maximum absolute atomic E-state index is 13.3. The molecule has 0 saturated heterocycles. The number of halogens is 4. The summed E-state index contributed by atoms with van der Waals surface area (Å²) in [4.78, 5) is 3.81. The number of fused-ring (bicyclic) bond motifs is 1. The summed E-state index contributed by atoms with van der Waals surface area (Å²) >= 11 is 12.2. The van der Waals surface area contributed by atoms with Gasteiger partial charge in [-0.1, -0.05) is 36.2 Å². The first kappa shape index (κ1) is 22.1. The van der Waals surface area contributed by atoms with Gasteiger partial charge in [0, 0.05) is 17.3 Å². The maximum Gasteiger partial charge on any atom is 0.586 e. The van der Waals surface area contributed by atoms with Gasteiger partial charge in [-0.15, -0.1) is 13.8 Å². The summed E-state index contributed by atoms with van der Waals surface area (Å²) in [6.45, 7) is 2.99. The van der Waals surface area contributed by atoms with Crippen LogP contribution in [-0.2, 0) is 0 Å². The van der Waals surface area contributed by atoms with Gasteiger partial charge in [0.05, 0.1) is 28.3 Å². The molecule has 0 saturated carbocycles. The molecule has 2 aliphatic heterocycles. The van der Waals surface area contributed by atoms with Crippen molar-refractivity contribution in [2.24, 2.45) is 10.1 Å². The molecule has 0 aliphatic carbocycles. The third kappa shape index (κ3) is 4.55. The van der Waals surface area contributed by atoms with Crippen molar-refractivity contribution in [1.29, 1.82) is 5.26 Å². The number of nitrogens with zero attached hydrogens (tertiary/aromatic N) is 4. The fourth-order valence-corrected chi connectivity index (χ4v) is 3.61. The second-order valence-corrected chi connectivity index (χ2v) is 7.61. The van der Waals surface area contributed by atoms with Crippen molar-refractivity contribution in [3.8, 4) is 17.7 Å². The summed E-state index contributed by atoms with van der Waals surface area (Å²) in [5.41, 5.74) is 1.80. The molecular weight excluding hydrogens is 465 g/mol. The molecule has 1 atom stereocenters. The van der Waals surface area contributed by atoms with Gasteiger partial charge in [0.15, 0.2) is 11.5 Å². The summed E-state index contributed by atoms with van der Waals surface area (Å²) in [7, 11) is 0. The van der Waals surface area contributed by atoms with Crippen LogP contribution in [0.15, 0.2) is 46.5 Å². The molecule has 32 heavy (non-hydrogen) atoms. The van der Waals surface area contributed by atoms with Gasteiger partial charge in [0.1, 0.15) is 0 Å². The number of nitriles is 1. The third-order valence-electron chi connectivity index (χ3n) is 4.64. The average molecular weight is 481 g/mol. The minimum atomic E-state index is -3.72. The number of hydrazone groups is 1. The molecule has 2 aromatic carbocycles. The lowest BCUT2D eigenvalue weighted by molar-refractivity contribution is -0.286. The zero-order valence-corrected chi connectivity index (χ0v) is 18.1. The summed E-state index contributed by atoms with van der Waals surface area (Å²) in [6.07, 6.45) is -2.00. The average Bonchev–Trinajstić information content (AvgIpc) is 3.29. The van der Waals surface area contributed by atoms with Crippen LogP contribution in [0, 0.1) is 11.5 Å². The van der Waals surface area contributed by atoms with Gasteiger partial charge in [-0.3, -0.25) is 0 Å². The number of aliphatic imine (C=N–C) groups is 1. The van der Waals surface area contributed by atoms with Crippen LogP contribution in [0.25, 0.3) is 0 Å². The van der Waals surface area contributed by atoms with E-state index in [-0.39, 0.29) is 23.5 Å². The Kier molecular flexibility index (Phi) is 6.06. The number of hydrogen-bond donors (Lipinski definition) is 2. The van der Waals surface area contributed by atoms with Crippen LogP contribution in [0.1, 0.15) is 12.5 Å². The molecule has 0 fully saturated rings. The number of nitrogens with one attached hydrogen (secondary N) is 2. The van der Waals surface area contributed by atoms with Crippen molar-refractivity contribution < 1.29 is 18.3 Å².